The molecule has 0 saturated heterocycles. The Balaban J connectivity index is 0.000000473. The zero-order valence-corrected chi connectivity index (χ0v) is 16.4. The van der Waals surface area contributed by atoms with Gasteiger partial charge in [-0.15, -0.1) is 0 Å². The monoisotopic (exact) mass is 360 g/mol. The SMILES string of the molecule is C[C](C)(C)[Sn]([C](C)(C)C)[C](C)(C)C.c1nc[nH]n1. The summed E-state index contributed by atoms with van der Waals surface area (Å²) in [7, 11) is 0. The van der Waals surface area contributed by atoms with E-state index in [0.29, 0.717) is 10.3 Å². The molecule has 0 aliphatic heterocycles. The first kappa shape index (κ1) is 17.9. The van der Waals surface area contributed by atoms with Crippen LogP contribution in [0.3, 0.4) is 0 Å². The van der Waals surface area contributed by atoms with Crippen molar-refractivity contribution in [2.75, 3.05) is 0 Å². The zero-order chi connectivity index (χ0) is 14.6. The summed E-state index contributed by atoms with van der Waals surface area (Å²) in [4.78, 5) is 3.56. The van der Waals surface area contributed by atoms with Crippen molar-refractivity contribution in [3.8, 4) is 0 Å². The van der Waals surface area contributed by atoms with Gasteiger partial charge in [-0.05, 0) is 0 Å². The average Bonchev–Trinajstić information content (AvgIpc) is 2.47. The minimum Gasteiger partial charge on any atom is -0.266 e. The van der Waals surface area contributed by atoms with Gasteiger partial charge in [-0.1, -0.05) is 0 Å². The molecule has 1 aromatic heterocycles. The number of nitrogens with zero attached hydrogens (tertiary/aromatic N) is 2. The van der Waals surface area contributed by atoms with Gasteiger partial charge in [0, 0.05) is 0 Å². The van der Waals surface area contributed by atoms with Gasteiger partial charge in [0.15, 0.2) is 0 Å². The van der Waals surface area contributed by atoms with E-state index in [2.05, 4.69) is 77.5 Å². The first-order valence-electron chi connectivity index (χ1n) is 6.54. The summed E-state index contributed by atoms with van der Waals surface area (Å²) in [6.07, 6.45) is 2.96. The van der Waals surface area contributed by atoms with Crippen molar-refractivity contribution >= 4 is 19.8 Å². The van der Waals surface area contributed by atoms with Gasteiger partial charge in [0.2, 0.25) is 0 Å². The maximum absolute atomic E-state index is 3.56. The summed E-state index contributed by atoms with van der Waals surface area (Å²) in [5.74, 6) is 0. The Morgan fingerprint density at radius 3 is 1.22 bits per heavy atom. The molecule has 0 spiro atoms. The Bertz CT molecular complexity index is 262. The normalized spacial score (nSPS) is 13.2. The standard InChI is InChI=1S/3C4H9.C2H3N3.Sn/c3*1-4(2)3;1-3-2-5-4-1;/h3*1-3H3;1-2H,(H,3,4,5);. The van der Waals surface area contributed by atoms with Gasteiger partial charge in [0.25, 0.3) is 0 Å². The minimum absolute atomic E-state index is 0.582. The number of aromatic nitrogens is 3. The van der Waals surface area contributed by atoms with Crippen LogP contribution < -0.4 is 0 Å². The van der Waals surface area contributed by atoms with Gasteiger partial charge in [-0.2, -0.15) is 5.10 Å². The van der Waals surface area contributed by atoms with E-state index in [1.807, 2.05) is 0 Å². The Morgan fingerprint density at radius 1 is 0.778 bits per heavy atom. The summed E-state index contributed by atoms with van der Waals surface area (Å²) in [6.45, 7) is 22.0. The van der Waals surface area contributed by atoms with Crippen LogP contribution in [0.2, 0.25) is 10.3 Å². The second kappa shape index (κ2) is 6.40. The summed E-state index contributed by atoms with van der Waals surface area (Å²) in [5.41, 5.74) is 0. The number of H-pyrrole nitrogens is 1. The van der Waals surface area contributed by atoms with Gasteiger partial charge in [-0.3, -0.25) is 5.10 Å². The molecule has 0 aliphatic rings. The third kappa shape index (κ3) is 6.76. The number of hydrogen-bond acceptors (Lipinski definition) is 2. The van der Waals surface area contributed by atoms with Gasteiger partial charge in [0.1, 0.15) is 12.7 Å². The molecule has 1 radical (unpaired) electrons. The number of nitrogens with one attached hydrogen (secondary N) is 1. The van der Waals surface area contributed by atoms with E-state index in [0.717, 1.165) is 0 Å². The zero-order valence-electron chi connectivity index (χ0n) is 13.5. The fraction of sp³-hybridized carbons (Fsp3) is 0.857. The second-order valence-electron chi connectivity index (χ2n) is 7.78. The van der Waals surface area contributed by atoms with E-state index in [9.17, 15) is 0 Å². The molecule has 18 heavy (non-hydrogen) atoms. The van der Waals surface area contributed by atoms with Crippen LogP contribution in [-0.4, -0.2) is 34.9 Å². The largest absolute Gasteiger partial charge is 0.266 e. The topological polar surface area (TPSA) is 41.6 Å². The van der Waals surface area contributed by atoms with Crippen molar-refractivity contribution in [2.45, 2.75) is 72.6 Å². The van der Waals surface area contributed by atoms with E-state index in [1.165, 1.54) is 12.7 Å². The van der Waals surface area contributed by atoms with Gasteiger partial charge in [-0.25, -0.2) is 4.98 Å². The maximum Gasteiger partial charge on any atom is 0.137 e. The molecule has 0 bridgehead atoms. The summed E-state index contributed by atoms with van der Waals surface area (Å²) >= 11 is -1.43. The Morgan fingerprint density at radius 2 is 1.17 bits per heavy atom. The van der Waals surface area contributed by atoms with Crippen molar-refractivity contribution in [2.24, 2.45) is 0 Å². The van der Waals surface area contributed by atoms with Gasteiger partial charge >= 0.3 is 92.4 Å². The average molecular weight is 359 g/mol. The summed E-state index contributed by atoms with van der Waals surface area (Å²) < 4.78 is 1.75. The minimum atomic E-state index is -1.43. The molecule has 0 amide bonds. The molecule has 4 heteroatoms. The molecule has 1 rings (SSSR count). The van der Waals surface area contributed by atoms with Crippen molar-refractivity contribution in [1.29, 1.82) is 0 Å². The first-order valence-corrected chi connectivity index (χ1v) is 10.8. The summed E-state index contributed by atoms with van der Waals surface area (Å²) in [5, 5.41) is 5.99. The second-order valence-corrected chi connectivity index (χ2v) is 22.8. The van der Waals surface area contributed by atoms with Crippen LogP contribution in [-0.2, 0) is 0 Å². The van der Waals surface area contributed by atoms with Crippen LogP contribution in [0.1, 0.15) is 62.3 Å². The molecule has 0 aliphatic carbocycles. The van der Waals surface area contributed by atoms with Crippen LogP contribution in [0.15, 0.2) is 12.7 Å². The molecule has 0 unspecified atom stereocenters. The molecule has 0 fully saturated rings. The van der Waals surface area contributed by atoms with Crippen LogP contribution in [0, 0.1) is 0 Å². The number of rotatable bonds is 0. The molecular formula is C14H30N3Sn. The molecule has 105 valence electrons. The van der Waals surface area contributed by atoms with Crippen LogP contribution >= 0.6 is 0 Å². The predicted octanol–water partition coefficient (Wildman–Crippen LogP) is 4.69. The van der Waals surface area contributed by atoms with E-state index in [-0.39, 0.29) is 0 Å². The van der Waals surface area contributed by atoms with Crippen LogP contribution in [0.4, 0.5) is 0 Å². The van der Waals surface area contributed by atoms with Crippen molar-refractivity contribution in [3.05, 3.63) is 12.7 Å². The van der Waals surface area contributed by atoms with Crippen molar-refractivity contribution < 1.29 is 0 Å². The van der Waals surface area contributed by atoms with Crippen LogP contribution in [0.5, 0.6) is 0 Å². The maximum atomic E-state index is 3.56. The molecule has 3 nitrogen and oxygen atoms in total. The van der Waals surface area contributed by atoms with E-state index in [1.54, 1.807) is 0 Å². The van der Waals surface area contributed by atoms with E-state index in [4.69, 9.17) is 0 Å². The fourth-order valence-corrected chi connectivity index (χ4v) is 22.8. The van der Waals surface area contributed by atoms with Crippen molar-refractivity contribution in [3.63, 3.8) is 0 Å². The molecule has 1 N–H and O–H groups in total. The molecule has 1 aromatic rings. The third-order valence-electron chi connectivity index (χ3n) is 2.58. The fourth-order valence-electron chi connectivity index (χ4n) is 3.54. The molecular weight excluding hydrogens is 329 g/mol. The summed E-state index contributed by atoms with van der Waals surface area (Å²) in [6, 6.07) is 0. The smallest absolute Gasteiger partial charge is 0.137 e. The Labute approximate surface area is 120 Å². The van der Waals surface area contributed by atoms with Gasteiger partial charge in [0.05, 0.1) is 0 Å². The van der Waals surface area contributed by atoms with Gasteiger partial charge < -0.3 is 0 Å². The molecule has 0 aromatic carbocycles. The Hall–Kier alpha value is -0.0613. The van der Waals surface area contributed by atoms with E-state index >= 15 is 0 Å². The first-order chi connectivity index (χ1) is 7.87. The van der Waals surface area contributed by atoms with Crippen LogP contribution in [0.25, 0.3) is 0 Å². The molecule has 0 atom stereocenters. The van der Waals surface area contributed by atoms with E-state index < -0.39 is 19.8 Å². The molecule has 0 saturated carbocycles. The Kier molecular flexibility index (Phi) is 6.37. The van der Waals surface area contributed by atoms with Crippen molar-refractivity contribution in [1.82, 2.24) is 15.2 Å². The predicted molar refractivity (Wildman–Crippen MR) is 81.3 cm³/mol. The number of aromatic amines is 1. The number of hydrogen-bond donors (Lipinski definition) is 1. The quantitative estimate of drug-likeness (QED) is 0.683. The molecule has 1 heterocycles. The third-order valence-corrected chi connectivity index (χ3v) is 15.4.